The van der Waals surface area contributed by atoms with Gasteiger partial charge in [-0.15, -0.1) is 0 Å². The lowest BCUT2D eigenvalue weighted by atomic mass is 10.1. The molecule has 0 fully saturated rings. The molecule has 1 heterocycles. The van der Waals surface area contributed by atoms with Gasteiger partial charge in [-0.05, 0) is 33.3 Å². The number of aryl methyl sites for hydroxylation is 2. The zero-order chi connectivity index (χ0) is 12.5. The second-order valence-electron chi connectivity index (χ2n) is 3.97. The van der Waals surface area contributed by atoms with Gasteiger partial charge in [0.05, 0.1) is 11.8 Å². The molecule has 88 valence electrons. The lowest BCUT2D eigenvalue weighted by Crippen LogP contribution is -2.30. The van der Waals surface area contributed by atoms with Crippen molar-refractivity contribution in [1.29, 1.82) is 0 Å². The summed E-state index contributed by atoms with van der Waals surface area (Å²) in [5.41, 5.74) is 0.879. The van der Waals surface area contributed by atoms with Crippen LogP contribution >= 0.6 is 0 Å². The van der Waals surface area contributed by atoms with Crippen LogP contribution in [0.3, 0.4) is 0 Å². The van der Waals surface area contributed by atoms with Crippen LogP contribution in [0.1, 0.15) is 35.5 Å². The van der Waals surface area contributed by atoms with Gasteiger partial charge in [-0.2, -0.15) is 5.10 Å². The highest BCUT2D eigenvalue weighted by molar-refractivity contribution is 5.90. The summed E-state index contributed by atoms with van der Waals surface area (Å²) in [7, 11) is 1.51. The van der Waals surface area contributed by atoms with Crippen LogP contribution in [0.4, 0.5) is 0 Å². The number of esters is 1. The highest BCUT2D eigenvalue weighted by Crippen LogP contribution is 2.08. The summed E-state index contributed by atoms with van der Waals surface area (Å²) in [4.78, 5) is 23.5. The Kier molecular flexibility index (Phi) is 3.47. The molecule has 0 saturated heterocycles. The minimum Gasteiger partial charge on any atom is -0.459 e. The molecule has 0 amide bonds. The summed E-state index contributed by atoms with van der Waals surface area (Å²) >= 11 is 0. The van der Waals surface area contributed by atoms with Crippen LogP contribution in [0, 0.1) is 13.8 Å². The molecule has 0 aromatic carbocycles. The molecule has 0 spiro atoms. The first-order valence-corrected chi connectivity index (χ1v) is 5.10. The van der Waals surface area contributed by atoms with Crippen molar-refractivity contribution in [3.05, 3.63) is 27.2 Å². The Balaban J connectivity index is 3.33. The number of hydrogen-bond donors (Lipinski definition) is 0. The first kappa shape index (κ1) is 12.4. The fourth-order valence-corrected chi connectivity index (χ4v) is 1.36. The van der Waals surface area contributed by atoms with Crippen molar-refractivity contribution < 1.29 is 9.53 Å². The third-order valence-electron chi connectivity index (χ3n) is 2.27. The van der Waals surface area contributed by atoms with E-state index in [2.05, 4.69) is 5.10 Å². The molecule has 0 N–H and O–H groups in total. The molecule has 0 aliphatic rings. The molecule has 0 aliphatic carbocycles. The van der Waals surface area contributed by atoms with Crippen LogP contribution in [-0.2, 0) is 11.8 Å². The van der Waals surface area contributed by atoms with Crippen molar-refractivity contribution in [3.8, 4) is 0 Å². The number of hydrogen-bond acceptors (Lipinski definition) is 4. The lowest BCUT2D eigenvalue weighted by molar-refractivity contribution is 0.0373. The van der Waals surface area contributed by atoms with Crippen molar-refractivity contribution in [2.24, 2.45) is 7.05 Å². The van der Waals surface area contributed by atoms with Crippen LogP contribution in [-0.4, -0.2) is 21.9 Å². The maximum atomic E-state index is 11.8. The number of nitrogens with zero attached hydrogens (tertiary/aromatic N) is 2. The van der Waals surface area contributed by atoms with Gasteiger partial charge >= 0.3 is 5.97 Å². The van der Waals surface area contributed by atoms with Gasteiger partial charge in [0.1, 0.15) is 5.56 Å². The largest absolute Gasteiger partial charge is 0.459 e. The Morgan fingerprint density at radius 2 is 1.94 bits per heavy atom. The molecule has 1 aromatic heterocycles. The van der Waals surface area contributed by atoms with Crippen molar-refractivity contribution in [3.63, 3.8) is 0 Å². The minimum atomic E-state index is -0.585. The Bertz CT molecular complexity index is 475. The van der Waals surface area contributed by atoms with Gasteiger partial charge in [-0.3, -0.25) is 4.79 Å². The number of rotatable bonds is 2. The maximum Gasteiger partial charge on any atom is 0.344 e. The van der Waals surface area contributed by atoms with Gasteiger partial charge in [0.2, 0.25) is 0 Å². The van der Waals surface area contributed by atoms with Gasteiger partial charge < -0.3 is 4.74 Å². The molecule has 16 heavy (non-hydrogen) atoms. The zero-order valence-corrected chi connectivity index (χ0v) is 10.2. The van der Waals surface area contributed by atoms with Crippen molar-refractivity contribution in [2.45, 2.75) is 33.8 Å². The van der Waals surface area contributed by atoms with Crippen LogP contribution < -0.4 is 5.56 Å². The standard InChI is InChI=1S/C11H16N2O3/c1-6(2)16-11(15)9-7(3)8(4)12-13(5)10(9)14/h6H,1-5H3. The quantitative estimate of drug-likeness (QED) is 0.702. The van der Waals surface area contributed by atoms with E-state index >= 15 is 0 Å². The summed E-state index contributed by atoms with van der Waals surface area (Å²) in [6, 6.07) is 0. The topological polar surface area (TPSA) is 61.2 Å². The number of aromatic nitrogens is 2. The average Bonchev–Trinajstić information content (AvgIpc) is 2.14. The molecular weight excluding hydrogens is 208 g/mol. The molecule has 0 bridgehead atoms. The van der Waals surface area contributed by atoms with Crippen LogP contribution in [0.5, 0.6) is 0 Å². The smallest absolute Gasteiger partial charge is 0.344 e. The van der Waals surface area contributed by atoms with Crippen molar-refractivity contribution in [2.75, 3.05) is 0 Å². The summed E-state index contributed by atoms with van der Waals surface area (Å²) in [6.07, 6.45) is -0.245. The lowest BCUT2D eigenvalue weighted by Gasteiger charge is -2.11. The van der Waals surface area contributed by atoms with E-state index < -0.39 is 11.5 Å². The normalized spacial score (nSPS) is 10.6. The van der Waals surface area contributed by atoms with Crippen molar-refractivity contribution >= 4 is 5.97 Å². The SMILES string of the molecule is Cc1nn(C)c(=O)c(C(=O)OC(C)C)c1C. The molecule has 0 atom stereocenters. The van der Waals surface area contributed by atoms with E-state index in [1.807, 2.05) is 0 Å². The Hall–Kier alpha value is -1.65. The third-order valence-corrected chi connectivity index (χ3v) is 2.27. The molecule has 0 saturated carbocycles. The second kappa shape index (κ2) is 4.47. The van der Waals surface area contributed by atoms with Crippen molar-refractivity contribution in [1.82, 2.24) is 9.78 Å². The van der Waals surface area contributed by atoms with Crippen LogP contribution in [0.15, 0.2) is 4.79 Å². The summed E-state index contributed by atoms with van der Waals surface area (Å²) in [5.74, 6) is -0.585. The molecule has 1 rings (SSSR count). The maximum absolute atomic E-state index is 11.8. The molecule has 0 unspecified atom stereocenters. The molecular formula is C11H16N2O3. The first-order valence-electron chi connectivity index (χ1n) is 5.10. The summed E-state index contributed by atoms with van der Waals surface area (Å²) < 4.78 is 6.18. The van der Waals surface area contributed by atoms with E-state index in [0.29, 0.717) is 11.3 Å². The highest BCUT2D eigenvalue weighted by atomic mass is 16.5. The molecule has 0 radical (unpaired) electrons. The predicted molar refractivity (Wildman–Crippen MR) is 59.5 cm³/mol. The fourth-order valence-electron chi connectivity index (χ4n) is 1.36. The fraction of sp³-hybridized carbons (Fsp3) is 0.545. The van der Waals surface area contributed by atoms with Gasteiger partial charge in [-0.25, -0.2) is 9.48 Å². The van der Waals surface area contributed by atoms with E-state index in [1.165, 1.54) is 7.05 Å². The van der Waals surface area contributed by atoms with E-state index in [0.717, 1.165) is 4.68 Å². The van der Waals surface area contributed by atoms with Gasteiger partial charge in [0.15, 0.2) is 0 Å². The van der Waals surface area contributed by atoms with E-state index in [1.54, 1.807) is 27.7 Å². The Morgan fingerprint density at radius 1 is 1.38 bits per heavy atom. The number of carbonyl (C=O) groups is 1. The van der Waals surface area contributed by atoms with Gasteiger partial charge in [0.25, 0.3) is 5.56 Å². The molecule has 1 aromatic rings. The van der Waals surface area contributed by atoms with E-state index in [4.69, 9.17) is 4.74 Å². The second-order valence-corrected chi connectivity index (χ2v) is 3.97. The molecule has 0 aliphatic heterocycles. The molecule has 5 nitrogen and oxygen atoms in total. The summed E-state index contributed by atoms with van der Waals surface area (Å²) in [6.45, 7) is 6.93. The highest BCUT2D eigenvalue weighted by Gasteiger charge is 2.19. The monoisotopic (exact) mass is 224 g/mol. The third kappa shape index (κ3) is 2.29. The van der Waals surface area contributed by atoms with Gasteiger partial charge in [0, 0.05) is 7.05 Å². The van der Waals surface area contributed by atoms with Crippen LogP contribution in [0.25, 0.3) is 0 Å². The average molecular weight is 224 g/mol. The van der Waals surface area contributed by atoms with Gasteiger partial charge in [-0.1, -0.05) is 0 Å². The van der Waals surface area contributed by atoms with E-state index in [9.17, 15) is 9.59 Å². The van der Waals surface area contributed by atoms with Crippen LogP contribution in [0.2, 0.25) is 0 Å². The zero-order valence-electron chi connectivity index (χ0n) is 10.2. The predicted octanol–water partition coefficient (Wildman–Crippen LogP) is 0.962. The number of ether oxygens (including phenoxy) is 1. The molecule has 5 heteroatoms. The summed E-state index contributed by atoms with van der Waals surface area (Å²) in [5, 5.41) is 3.99. The first-order chi connectivity index (χ1) is 7.34. The Morgan fingerprint density at radius 3 is 2.44 bits per heavy atom. The Labute approximate surface area is 94.0 Å². The minimum absolute atomic E-state index is 0.0729. The number of carbonyl (C=O) groups excluding carboxylic acids is 1. The van der Waals surface area contributed by atoms with E-state index in [-0.39, 0.29) is 11.7 Å².